The lowest BCUT2D eigenvalue weighted by atomic mass is 9.95. The number of nitrogens with zero attached hydrogens (tertiary/aromatic N) is 1. The van der Waals surface area contributed by atoms with Gasteiger partial charge in [-0.25, -0.2) is 4.39 Å². The normalized spacial score (nSPS) is 16.0. The van der Waals surface area contributed by atoms with Gasteiger partial charge in [0.05, 0.1) is 13.7 Å². The molecule has 0 heterocycles. The van der Waals surface area contributed by atoms with Gasteiger partial charge >= 0.3 is 0 Å². The molecule has 0 amide bonds. The predicted molar refractivity (Wildman–Crippen MR) is 90.4 cm³/mol. The average Bonchev–Trinajstić information content (AvgIpc) is 3.35. The number of guanidine groups is 1. The first-order valence-electron chi connectivity index (χ1n) is 7.59. The molecule has 0 aliphatic heterocycles. The van der Waals surface area contributed by atoms with Crippen LogP contribution in [-0.2, 0) is 5.41 Å². The fraction of sp³-hybridized carbons (Fsp3) is 0.278. The standard InChI is InChI=1S/C18H20FN3O/c1-23-14-6-4-5-13(11-14)22-17(20)21-12-18(9-10-18)15-7-2-3-8-16(15)19/h2-8,11H,9-10,12H2,1H3,(H3,20,21,22). The van der Waals surface area contributed by atoms with Gasteiger partial charge in [-0.3, -0.25) is 4.99 Å². The first-order chi connectivity index (χ1) is 11.1. The van der Waals surface area contributed by atoms with Crippen LogP contribution in [0.3, 0.4) is 0 Å². The number of anilines is 1. The quantitative estimate of drug-likeness (QED) is 0.658. The van der Waals surface area contributed by atoms with E-state index in [-0.39, 0.29) is 11.2 Å². The van der Waals surface area contributed by atoms with Gasteiger partial charge in [0.25, 0.3) is 0 Å². The molecule has 0 spiro atoms. The molecule has 1 aliphatic carbocycles. The first kappa shape index (κ1) is 15.3. The number of benzene rings is 2. The second-order valence-electron chi connectivity index (χ2n) is 5.82. The van der Waals surface area contributed by atoms with Crippen molar-refractivity contribution in [3.63, 3.8) is 0 Å². The van der Waals surface area contributed by atoms with Gasteiger partial charge in [0.1, 0.15) is 11.6 Å². The van der Waals surface area contributed by atoms with E-state index in [1.54, 1.807) is 13.2 Å². The fourth-order valence-corrected chi connectivity index (χ4v) is 2.68. The molecule has 4 nitrogen and oxygen atoms in total. The van der Waals surface area contributed by atoms with E-state index in [0.717, 1.165) is 29.8 Å². The largest absolute Gasteiger partial charge is 0.497 e. The molecule has 0 saturated heterocycles. The zero-order valence-electron chi connectivity index (χ0n) is 13.1. The van der Waals surface area contributed by atoms with Gasteiger partial charge in [-0.15, -0.1) is 0 Å². The Kier molecular flexibility index (Phi) is 4.19. The minimum absolute atomic E-state index is 0.167. The second kappa shape index (κ2) is 6.28. The van der Waals surface area contributed by atoms with Gasteiger partial charge in [0.15, 0.2) is 5.96 Å². The Morgan fingerprint density at radius 2 is 2.04 bits per heavy atom. The molecule has 23 heavy (non-hydrogen) atoms. The third-order valence-corrected chi connectivity index (χ3v) is 4.19. The minimum atomic E-state index is -0.202. The van der Waals surface area contributed by atoms with E-state index in [9.17, 15) is 4.39 Å². The van der Waals surface area contributed by atoms with Crippen LogP contribution < -0.4 is 15.8 Å². The number of aliphatic imine (C=N–C) groups is 1. The number of rotatable bonds is 5. The lowest BCUT2D eigenvalue weighted by Crippen LogP contribution is -2.25. The van der Waals surface area contributed by atoms with Crippen LogP contribution >= 0.6 is 0 Å². The predicted octanol–water partition coefficient (Wildman–Crippen LogP) is 3.29. The summed E-state index contributed by atoms with van der Waals surface area (Å²) >= 11 is 0. The zero-order valence-corrected chi connectivity index (χ0v) is 13.1. The molecule has 3 rings (SSSR count). The summed E-state index contributed by atoms with van der Waals surface area (Å²) in [5, 5.41) is 3.04. The number of ether oxygens (including phenoxy) is 1. The van der Waals surface area contributed by atoms with Crippen LogP contribution in [0, 0.1) is 5.82 Å². The van der Waals surface area contributed by atoms with Crippen LogP contribution in [-0.4, -0.2) is 19.6 Å². The summed E-state index contributed by atoms with van der Waals surface area (Å²) in [6.07, 6.45) is 1.87. The van der Waals surface area contributed by atoms with Crippen LogP contribution in [0.1, 0.15) is 18.4 Å². The monoisotopic (exact) mass is 313 g/mol. The molecule has 5 heteroatoms. The van der Waals surface area contributed by atoms with Crippen molar-refractivity contribution in [2.75, 3.05) is 19.0 Å². The van der Waals surface area contributed by atoms with Crippen LogP contribution in [0.25, 0.3) is 0 Å². The molecular weight excluding hydrogens is 293 g/mol. The summed E-state index contributed by atoms with van der Waals surface area (Å²) in [6, 6.07) is 14.4. The summed E-state index contributed by atoms with van der Waals surface area (Å²) in [5.74, 6) is 0.896. The zero-order chi connectivity index (χ0) is 16.3. The molecule has 0 radical (unpaired) electrons. The fourth-order valence-electron chi connectivity index (χ4n) is 2.68. The highest BCUT2D eigenvalue weighted by Crippen LogP contribution is 2.49. The van der Waals surface area contributed by atoms with E-state index in [0.29, 0.717) is 12.5 Å². The highest BCUT2D eigenvalue weighted by molar-refractivity contribution is 5.92. The third-order valence-electron chi connectivity index (χ3n) is 4.19. The highest BCUT2D eigenvalue weighted by atomic mass is 19.1. The van der Waals surface area contributed by atoms with Gasteiger partial charge < -0.3 is 15.8 Å². The topological polar surface area (TPSA) is 59.6 Å². The lowest BCUT2D eigenvalue weighted by Gasteiger charge is -2.14. The summed E-state index contributed by atoms with van der Waals surface area (Å²) in [4.78, 5) is 4.40. The number of halogens is 1. The van der Waals surface area contributed by atoms with Gasteiger partial charge in [0, 0.05) is 17.2 Å². The molecule has 120 valence electrons. The van der Waals surface area contributed by atoms with E-state index in [1.807, 2.05) is 36.4 Å². The smallest absolute Gasteiger partial charge is 0.193 e. The molecule has 1 fully saturated rings. The van der Waals surface area contributed by atoms with Gasteiger partial charge in [-0.2, -0.15) is 0 Å². The van der Waals surface area contributed by atoms with Crippen molar-refractivity contribution < 1.29 is 9.13 Å². The molecule has 1 saturated carbocycles. The van der Waals surface area contributed by atoms with Gasteiger partial charge in [0.2, 0.25) is 0 Å². The molecule has 3 N–H and O–H groups in total. The average molecular weight is 313 g/mol. The Hall–Kier alpha value is -2.56. The molecule has 2 aromatic rings. The van der Waals surface area contributed by atoms with Crippen molar-refractivity contribution in [1.29, 1.82) is 0 Å². The molecule has 0 atom stereocenters. The summed E-state index contributed by atoms with van der Waals surface area (Å²) in [5.41, 5.74) is 7.29. The van der Waals surface area contributed by atoms with Crippen LogP contribution in [0.2, 0.25) is 0 Å². The minimum Gasteiger partial charge on any atom is -0.497 e. The third kappa shape index (κ3) is 3.44. The molecule has 0 bridgehead atoms. The number of hydrogen-bond donors (Lipinski definition) is 2. The van der Waals surface area contributed by atoms with Crippen molar-refractivity contribution in [3.05, 3.63) is 59.9 Å². The number of methoxy groups -OCH3 is 1. The Labute approximate surface area is 135 Å². The van der Waals surface area contributed by atoms with Crippen molar-refractivity contribution in [3.8, 4) is 5.75 Å². The maximum absolute atomic E-state index is 14.0. The number of nitrogens with two attached hydrogens (primary N) is 1. The number of nitrogens with one attached hydrogen (secondary N) is 1. The van der Waals surface area contributed by atoms with Crippen LogP contribution in [0.15, 0.2) is 53.5 Å². The van der Waals surface area contributed by atoms with Crippen LogP contribution in [0.5, 0.6) is 5.75 Å². The van der Waals surface area contributed by atoms with Crippen molar-refractivity contribution in [1.82, 2.24) is 0 Å². The first-order valence-corrected chi connectivity index (χ1v) is 7.59. The maximum Gasteiger partial charge on any atom is 0.193 e. The van der Waals surface area contributed by atoms with Crippen molar-refractivity contribution in [2.24, 2.45) is 10.7 Å². The van der Waals surface area contributed by atoms with Crippen molar-refractivity contribution >= 4 is 11.6 Å². The molecule has 2 aromatic carbocycles. The van der Waals surface area contributed by atoms with Crippen LogP contribution in [0.4, 0.5) is 10.1 Å². The number of hydrogen-bond acceptors (Lipinski definition) is 2. The van der Waals surface area contributed by atoms with E-state index >= 15 is 0 Å². The summed E-state index contributed by atoms with van der Waals surface area (Å²) < 4.78 is 19.1. The Balaban J connectivity index is 1.69. The Bertz CT molecular complexity index is 726. The maximum atomic E-state index is 14.0. The summed E-state index contributed by atoms with van der Waals surface area (Å²) in [6.45, 7) is 0.483. The van der Waals surface area contributed by atoms with E-state index in [4.69, 9.17) is 10.5 Å². The summed E-state index contributed by atoms with van der Waals surface area (Å²) in [7, 11) is 1.61. The SMILES string of the molecule is COc1cccc(NC(N)=NCC2(c3ccccc3F)CC2)c1. The van der Waals surface area contributed by atoms with Gasteiger partial charge in [-0.05, 0) is 36.6 Å². The second-order valence-corrected chi connectivity index (χ2v) is 5.82. The highest BCUT2D eigenvalue weighted by Gasteiger charge is 2.45. The Morgan fingerprint density at radius 1 is 1.26 bits per heavy atom. The molecular formula is C18H20FN3O. The van der Waals surface area contributed by atoms with Gasteiger partial charge in [-0.1, -0.05) is 24.3 Å². The van der Waals surface area contributed by atoms with Crippen molar-refractivity contribution in [2.45, 2.75) is 18.3 Å². The van der Waals surface area contributed by atoms with E-state index in [2.05, 4.69) is 10.3 Å². The molecule has 1 aliphatic rings. The Morgan fingerprint density at radius 3 is 2.74 bits per heavy atom. The molecule has 0 unspecified atom stereocenters. The van der Waals surface area contributed by atoms with E-state index in [1.165, 1.54) is 6.07 Å². The van der Waals surface area contributed by atoms with E-state index < -0.39 is 0 Å². The lowest BCUT2D eigenvalue weighted by molar-refractivity contribution is 0.415. The molecule has 0 aromatic heterocycles.